The van der Waals surface area contributed by atoms with Crippen molar-refractivity contribution in [2.75, 3.05) is 19.5 Å². The number of methoxy groups -OCH3 is 2. The van der Waals surface area contributed by atoms with Gasteiger partial charge in [-0.15, -0.1) is 0 Å². The average Bonchev–Trinajstić information content (AvgIpc) is 3.18. The Morgan fingerprint density at radius 1 is 1.00 bits per heavy atom. The number of ether oxygens (including phenoxy) is 4. The number of nitrogens with one attached hydrogen (secondary N) is 1. The summed E-state index contributed by atoms with van der Waals surface area (Å²) in [6.45, 7) is 9.45. The Morgan fingerprint density at radius 3 is 2.14 bits per heavy atom. The number of para-hydroxylation sites is 1. The van der Waals surface area contributed by atoms with Crippen LogP contribution < -0.4 is 29.9 Å². The van der Waals surface area contributed by atoms with Gasteiger partial charge in [0.05, 0.1) is 41.5 Å². The summed E-state index contributed by atoms with van der Waals surface area (Å²) in [5.74, 6) is -0.0208. The Kier molecular flexibility index (Phi) is 6.78. The molecule has 0 aromatic heterocycles. The molecule has 2 heterocycles. The van der Waals surface area contributed by atoms with E-state index >= 15 is 0 Å². The predicted octanol–water partition coefficient (Wildman–Crippen LogP) is 4.03. The molecule has 1 unspecified atom stereocenters. The summed E-state index contributed by atoms with van der Waals surface area (Å²) in [6.07, 6.45) is -0.214. The summed E-state index contributed by atoms with van der Waals surface area (Å²) in [4.78, 5) is 25.5. The molecule has 1 amide bonds. The fraction of sp³-hybridized carbons (Fsp3) is 0.360. The van der Waals surface area contributed by atoms with E-state index in [0.29, 0.717) is 28.0 Å². The van der Waals surface area contributed by atoms with E-state index in [1.807, 2.05) is 12.1 Å². The summed E-state index contributed by atoms with van der Waals surface area (Å²) >= 11 is 6.61. The fourth-order valence-corrected chi connectivity index (χ4v) is 15.1. The molecule has 2 aromatic carbocycles. The van der Waals surface area contributed by atoms with Crippen molar-refractivity contribution in [1.82, 2.24) is 0 Å². The first-order valence-electron chi connectivity index (χ1n) is 11.4. The third kappa shape index (κ3) is 4.85. The molecule has 0 spiro atoms. The molecular weight excluding hydrogens is 502 g/mol. The van der Waals surface area contributed by atoms with Gasteiger partial charge in [0.2, 0.25) is 11.9 Å². The summed E-state index contributed by atoms with van der Waals surface area (Å²) < 4.78 is 22.1. The number of benzene rings is 2. The van der Waals surface area contributed by atoms with Crippen LogP contribution in [0.2, 0.25) is 43.3 Å². The molecule has 1 atom stereocenters. The normalized spacial score (nSPS) is 19.8. The highest BCUT2D eigenvalue weighted by Gasteiger charge is 2.41. The smallest absolute Gasteiger partial charge is 0.289 e. The number of rotatable bonds is 6. The number of halogens is 1. The van der Waals surface area contributed by atoms with E-state index in [1.54, 1.807) is 18.2 Å². The van der Waals surface area contributed by atoms with Gasteiger partial charge in [-0.2, -0.15) is 0 Å². The van der Waals surface area contributed by atoms with Crippen molar-refractivity contribution in [2.24, 2.45) is 0 Å². The zero-order valence-corrected chi connectivity index (χ0v) is 23.5. The minimum absolute atomic E-state index is 0.0595. The lowest BCUT2D eigenvalue weighted by Crippen LogP contribution is -2.63. The molecule has 10 heteroatoms. The second-order valence-corrected chi connectivity index (χ2v) is 20.1. The minimum atomic E-state index is -1.64. The van der Waals surface area contributed by atoms with Crippen LogP contribution in [0.4, 0.5) is 5.69 Å². The molecule has 35 heavy (non-hydrogen) atoms. The largest absolute Gasteiger partial charge is 0.494 e. The average molecular weight is 532 g/mol. The highest BCUT2D eigenvalue weighted by molar-refractivity contribution is 7.03. The maximum absolute atomic E-state index is 12.9. The zero-order chi connectivity index (χ0) is 25.5. The number of hydrogen-bond donors (Lipinski definition) is 1. The molecule has 0 radical (unpaired) electrons. The van der Waals surface area contributed by atoms with Crippen molar-refractivity contribution in [2.45, 2.75) is 44.4 Å². The van der Waals surface area contributed by atoms with E-state index in [4.69, 9.17) is 30.5 Å². The number of carbonyl (C=O) groups is 2. The van der Waals surface area contributed by atoms with Gasteiger partial charge in [0.15, 0.2) is 0 Å². The van der Waals surface area contributed by atoms with Gasteiger partial charge in [0.1, 0.15) is 22.9 Å². The molecule has 0 saturated carbocycles. The van der Waals surface area contributed by atoms with Crippen LogP contribution in [0.5, 0.6) is 17.2 Å². The van der Waals surface area contributed by atoms with Crippen LogP contribution in [0.1, 0.15) is 0 Å². The molecule has 7 nitrogen and oxygen atoms in total. The van der Waals surface area contributed by atoms with Crippen LogP contribution in [0.3, 0.4) is 0 Å². The molecule has 0 aliphatic carbocycles. The van der Waals surface area contributed by atoms with Gasteiger partial charge in [-0.05, 0) is 24.3 Å². The van der Waals surface area contributed by atoms with Gasteiger partial charge in [-0.3, -0.25) is 9.59 Å². The third-order valence-corrected chi connectivity index (χ3v) is 14.6. The monoisotopic (exact) mass is 531 g/mol. The maximum Gasteiger partial charge on any atom is 0.289 e. The SMILES string of the molecule is COc1cccc(OC)c1NC(=O)C1OC(Oc2cc3c(cc2Cl)[Si](C)(C)CC[Si]3(C)C)=CC1=O. The number of amides is 1. The molecule has 4 rings (SSSR count). The van der Waals surface area contributed by atoms with Crippen molar-refractivity contribution in [3.8, 4) is 17.2 Å². The summed E-state index contributed by atoms with van der Waals surface area (Å²) in [5, 5.41) is 5.88. The summed E-state index contributed by atoms with van der Waals surface area (Å²) in [7, 11) is -0.248. The van der Waals surface area contributed by atoms with Gasteiger partial charge in [0, 0.05) is 0 Å². The lowest BCUT2D eigenvalue weighted by molar-refractivity contribution is -0.134. The van der Waals surface area contributed by atoms with E-state index in [-0.39, 0.29) is 5.95 Å². The number of ketones is 1. The Hall–Kier alpha value is -2.76. The van der Waals surface area contributed by atoms with Crippen molar-refractivity contribution < 1.29 is 28.5 Å². The lowest BCUT2D eigenvalue weighted by atomic mass is 10.2. The first kappa shape index (κ1) is 25.3. The van der Waals surface area contributed by atoms with E-state index < -0.39 is 33.9 Å². The molecular formula is C25H30ClNO6Si2. The zero-order valence-electron chi connectivity index (χ0n) is 20.8. The van der Waals surface area contributed by atoms with Gasteiger partial charge in [-0.1, -0.05) is 66.3 Å². The molecule has 2 aliphatic heterocycles. The molecule has 1 N–H and O–H groups in total. The highest BCUT2D eigenvalue weighted by atomic mass is 35.5. The van der Waals surface area contributed by atoms with Crippen LogP contribution in [-0.2, 0) is 14.3 Å². The highest BCUT2D eigenvalue weighted by Crippen LogP contribution is 2.35. The number of hydrogen-bond acceptors (Lipinski definition) is 6. The molecule has 0 fully saturated rings. The van der Waals surface area contributed by atoms with Crippen molar-refractivity contribution in [3.05, 3.63) is 47.4 Å². The van der Waals surface area contributed by atoms with Gasteiger partial charge in [0.25, 0.3) is 11.9 Å². The van der Waals surface area contributed by atoms with Gasteiger partial charge < -0.3 is 24.3 Å². The number of carbonyl (C=O) groups excluding carboxylic acids is 2. The number of anilines is 1. The van der Waals surface area contributed by atoms with Crippen LogP contribution >= 0.6 is 11.6 Å². The topological polar surface area (TPSA) is 83.1 Å². The Balaban J connectivity index is 1.54. The van der Waals surface area contributed by atoms with Crippen LogP contribution in [0, 0.1) is 0 Å². The van der Waals surface area contributed by atoms with E-state index in [0.717, 1.165) is 0 Å². The second kappa shape index (κ2) is 9.36. The summed E-state index contributed by atoms with van der Waals surface area (Å²) in [5.41, 5.74) is 0.310. The Labute approximate surface area is 212 Å². The van der Waals surface area contributed by atoms with Crippen molar-refractivity contribution >= 4 is 55.5 Å². The van der Waals surface area contributed by atoms with E-state index in [2.05, 4.69) is 31.5 Å². The third-order valence-electron chi connectivity index (χ3n) is 6.78. The summed E-state index contributed by atoms with van der Waals surface area (Å²) in [6, 6.07) is 11.6. The standard InChI is InChI=1S/C25H30ClNO6Si2/c1-30-17-8-7-9-18(31-2)23(17)27-25(29)24-16(28)13-22(33-24)32-19-14-21-20(12-15(19)26)34(3,4)10-11-35(21,5)6/h7-9,12-14,24H,10-11H2,1-6H3,(H,27,29). The lowest BCUT2D eigenvalue weighted by Gasteiger charge is -2.39. The van der Waals surface area contributed by atoms with Gasteiger partial charge in [-0.25, -0.2) is 0 Å². The molecule has 186 valence electrons. The van der Waals surface area contributed by atoms with E-state index in [9.17, 15) is 9.59 Å². The Morgan fingerprint density at radius 2 is 1.57 bits per heavy atom. The van der Waals surface area contributed by atoms with Crippen molar-refractivity contribution in [1.29, 1.82) is 0 Å². The molecule has 0 bridgehead atoms. The maximum atomic E-state index is 12.9. The van der Waals surface area contributed by atoms with Crippen LogP contribution in [0.15, 0.2) is 42.4 Å². The van der Waals surface area contributed by atoms with Crippen LogP contribution in [0.25, 0.3) is 0 Å². The molecule has 2 aliphatic rings. The quantitative estimate of drug-likeness (QED) is 0.447. The minimum Gasteiger partial charge on any atom is -0.494 e. The fourth-order valence-electron chi connectivity index (χ4n) is 4.55. The second-order valence-electron chi connectivity index (χ2n) is 10.1. The van der Waals surface area contributed by atoms with E-state index in [1.165, 1.54) is 42.8 Å². The predicted molar refractivity (Wildman–Crippen MR) is 142 cm³/mol. The number of fused-ring (bicyclic) bond motifs is 1. The first-order chi connectivity index (χ1) is 16.5. The molecule has 0 saturated heterocycles. The first-order valence-corrected chi connectivity index (χ1v) is 18.2. The van der Waals surface area contributed by atoms with Crippen molar-refractivity contribution in [3.63, 3.8) is 0 Å². The van der Waals surface area contributed by atoms with Gasteiger partial charge >= 0.3 is 0 Å². The Bertz CT molecular complexity index is 1200. The molecule has 2 aromatic rings. The van der Waals surface area contributed by atoms with Crippen LogP contribution in [-0.4, -0.2) is 48.2 Å².